The first kappa shape index (κ1) is 26.5. The number of hydrogen-bond donors (Lipinski definition) is 1. The molecule has 1 aromatic heterocycles. The van der Waals surface area contributed by atoms with Gasteiger partial charge in [0.25, 0.3) is 0 Å². The lowest BCUT2D eigenvalue weighted by atomic mass is 9.98. The van der Waals surface area contributed by atoms with E-state index in [2.05, 4.69) is 87.1 Å². The number of pyridine rings is 1. The maximum Gasteiger partial charge on any atom is 0.229 e. The van der Waals surface area contributed by atoms with Gasteiger partial charge in [0, 0.05) is 50.0 Å². The molecular weight excluding hydrogens is 488 g/mol. The predicted molar refractivity (Wildman–Crippen MR) is 158 cm³/mol. The molecule has 1 fully saturated rings. The first-order chi connectivity index (χ1) is 18.7. The minimum atomic E-state index is -0.0769. The number of nitrogens with one attached hydrogen (secondary N) is 1. The number of aryl methyl sites for hydroxylation is 1. The first-order valence-electron chi connectivity index (χ1n) is 13.9. The van der Waals surface area contributed by atoms with E-state index in [0.717, 1.165) is 67.1 Å². The van der Waals surface area contributed by atoms with Crippen LogP contribution in [0.25, 0.3) is 10.9 Å². The van der Waals surface area contributed by atoms with Crippen LogP contribution in [0, 0.1) is 5.92 Å². The lowest BCUT2D eigenvalue weighted by Crippen LogP contribution is -2.38. The fourth-order valence-corrected chi connectivity index (χ4v) is 5.98. The van der Waals surface area contributed by atoms with E-state index in [-0.39, 0.29) is 11.8 Å². The summed E-state index contributed by atoms with van der Waals surface area (Å²) in [5, 5.41) is 1.13. The van der Waals surface area contributed by atoms with Crippen molar-refractivity contribution in [3.63, 3.8) is 0 Å². The Balaban J connectivity index is 1.09. The number of benzene rings is 2. The summed E-state index contributed by atoms with van der Waals surface area (Å²) in [6, 6.07) is 19.4. The maximum atomic E-state index is 13.3. The molecule has 198 valence electrons. The number of carbonyl (C=O) groups is 1. The monoisotopic (exact) mass is 526 g/mol. The van der Waals surface area contributed by atoms with Gasteiger partial charge in [-0.25, -0.2) is 0 Å². The third-order valence-corrected chi connectivity index (χ3v) is 8.33. The highest BCUT2D eigenvalue weighted by molar-refractivity contribution is 7.97. The Morgan fingerprint density at radius 1 is 1.03 bits per heavy atom. The van der Waals surface area contributed by atoms with Crippen molar-refractivity contribution in [3.8, 4) is 0 Å². The van der Waals surface area contributed by atoms with E-state index in [1.54, 1.807) is 11.9 Å². The Morgan fingerprint density at radius 2 is 1.87 bits per heavy atom. The number of para-hydroxylation sites is 1. The number of amides is 1. The van der Waals surface area contributed by atoms with Gasteiger partial charge in [-0.1, -0.05) is 68.0 Å². The summed E-state index contributed by atoms with van der Waals surface area (Å²) in [7, 11) is 0. The highest BCUT2D eigenvalue weighted by Gasteiger charge is 2.25. The van der Waals surface area contributed by atoms with Gasteiger partial charge in [0.2, 0.25) is 5.91 Å². The van der Waals surface area contributed by atoms with Crippen molar-refractivity contribution < 1.29 is 4.79 Å². The van der Waals surface area contributed by atoms with Crippen LogP contribution in [0.4, 0.5) is 0 Å². The smallest absolute Gasteiger partial charge is 0.229 e. The molecule has 0 saturated carbocycles. The average molecular weight is 527 g/mol. The number of unbranched alkanes of at least 4 members (excludes halogenated alkanes) is 1. The van der Waals surface area contributed by atoms with Gasteiger partial charge in [-0.3, -0.25) is 14.7 Å². The first-order valence-corrected chi connectivity index (χ1v) is 14.7. The molecule has 1 aliphatic heterocycles. The van der Waals surface area contributed by atoms with E-state index in [1.165, 1.54) is 30.4 Å². The highest BCUT2D eigenvalue weighted by Crippen LogP contribution is 2.26. The molecule has 5 rings (SSSR count). The summed E-state index contributed by atoms with van der Waals surface area (Å²) in [6.45, 7) is 6.81. The second-order valence-corrected chi connectivity index (χ2v) is 11.1. The molecule has 1 N–H and O–H groups in total. The van der Waals surface area contributed by atoms with Crippen LogP contribution in [0.2, 0.25) is 0 Å². The molecule has 2 aliphatic rings. The van der Waals surface area contributed by atoms with Crippen molar-refractivity contribution in [2.24, 2.45) is 5.92 Å². The molecule has 1 saturated heterocycles. The number of fused-ring (bicyclic) bond motifs is 1. The Kier molecular flexibility index (Phi) is 9.15. The van der Waals surface area contributed by atoms with Crippen molar-refractivity contribution >= 4 is 28.8 Å². The Bertz CT molecular complexity index is 1280. The normalized spacial score (nSPS) is 18.3. The predicted octanol–water partition coefficient (Wildman–Crippen LogP) is 6.37. The molecule has 38 heavy (non-hydrogen) atoms. The van der Waals surface area contributed by atoms with Crippen molar-refractivity contribution in [3.05, 3.63) is 95.8 Å². The van der Waals surface area contributed by atoms with Crippen LogP contribution >= 0.6 is 11.9 Å². The maximum absolute atomic E-state index is 13.3. The van der Waals surface area contributed by atoms with Crippen LogP contribution in [0.5, 0.6) is 0 Å². The van der Waals surface area contributed by atoms with E-state index in [1.807, 2.05) is 18.3 Å². The summed E-state index contributed by atoms with van der Waals surface area (Å²) >= 11 is 1.57. The molecule has 6 heteroatoms. The molecule has 0 spiro atoms. The molecule has 0 radical (unpaired) electrons. The Labute approximate surface area is 231 Å². The third kappa shape index (κ3) is 6.86. The fraction of sp³-hybridized carbons (Fsp3) is 0.375. The summed E-state index contributed by atoms with van der Waals surface area (Å²) in [5.41, 5.74) is 4.83. The van der Waals surface area contributed by atoms with E-state index in [9.17, 15) is 4.79 Å². The molecule has 1 unspecified atom stereocenters. The second kappa shape index (κ2) is 13.1. The average Bonchev–Trinajstić information content (AvgIpc) is 3.21. The van der Waals surface area contributed by atoms with Crippen molar-refractivity contribution in [1.82, 2.24) is 19.5 Å². The minimum Gasteiger partial charge on any atom is -0.341 e. The standard InChI is InChI=1S/C32H38N4OS/c1-2-3-7-25-11-13-26(14-12-25)24-35-20-6-21-36(23-22-35)32(37)28-15-17-29(18-16-28)34-38-30-10-4-8-27-9-5-19-33-31(27)30/h4-5,8-15,17-19,28,34H,2-3,6-7,16,20-24H2,1H3. The van der Waals surface area contributed by atoms with Gasteiger partial charge in [0.1, 0.15) is 0 Å². The summed E-state index contributed by atoms with van der Waals surface area (Å²) in [4.78, 5) is 23.5. The van der Waals surface area contributed by atoms with Gasteiger partial charge in [-0.2, -0.15) is 0 Å². The SMILES string of the molecule is CCCCc1ccc(CN2CCCN(C(=O)C3C=CC(NSc4cccc5cccnc45)=CC3)CC2)cc1. The lowest BCUT2D eigenvalue weighted by Gasteiger charge is -2.26. The number of rotatable bonds is 9. The lowest BCUT2D eigenvalue weighted by molar-refractivity contribution is -0.133. The van der Waals surface area contributed by atoms with Gasteiger partial charge in [-0.05, 0) is 67.0 Å². The zero-order valence-corrected chi connectivity index (χ0v) is 23.1. The molecule has 0 bridgehead atoms. The molecule has 3 aromatic rings. The van der Waals surface area contributed by atoms with E-state index in [4.69, 9.17) is 0 Å². The van der Waals surface area contributed by atoms with Gasteiger partial charge < -0.3 is 9.62 Å². The topological polar surface area (TPSA) is 48.5 Å². The largest absolute Gasteiger partial charge is 0.341 e. The quantitative estimate of drug-likeness (QED) is 0.329. The van der Waals surface area contributed by atoms with Gasteiger partial charge in [0.15, 0.2) is 0 Å². The number of allylic oxidation sites excluding steroid dienone is 2. The van der Waals surface area contributed by atoms with Gasteiger partial charge in [0.05, 0.1) is 16.3 Å². The number of hydrogen-bond acceptors (Lipinski definition) is 5. The summed E-state index contributed by atoms with van der Waals surface area (Å²) in [5.74, 6) is 0.177. The van der Waals surface area contributed by atoms with Crippen molar-refractivity contribution in [1.29, 1.82) is 0 Å². The zero-order valence-electron chi connectivity index (χ0n) is 22.3. The molecule has 5 nitrogen and oxygen atoms in total. The summed E-state index contributed by atoms with van der Waals surface area (Å²) in [6.07, 6.45) is 13.5. The van der Waals surface area contributed by atoms with Crippen molar-refractivity contribution in [2.75, 3.05) is 26.2 Å². The molecule has 1 amide bonds. The van der Waals surface area contributed by atoms with Crippen molar-refractivity contribution in [2.45, 2.75) is 50.5 Å². The van der Waals surface area contributed by atoms with E-state index in [0.29, 0.717) is 0 Å². The van der Waals surface area contributed by atoms with E-state index >= 15 is 0 Å². The van der Waals surface area contributed by atoms with E-state index < -0.39 is 0 Å². The molecular formula is C32H38N4OS. The van der Waals surface area contributed by atoms with Crippen LogP contribution in [0.15, 0.2) is 89.6 Å². The highest BCUT2D eigenvalue weighted by atomic mass is 32.2. The summed E-state index contributed by atoms with van der Waals surface area (Å²) < 4.78 is 3.44. The second-order valence-electron chi connectivity index (χ2n) is 10.3. The molecule has 1 atom stereocenters. The van der Waals surface area contributed by atoms with Gasteiger partial charge >= 0.3 is 0 Å². The molecule has 1 aliphatic carbocycles. The number of carbonyl (C=O) groups excluding carboxylic acids is 1. The van der Waals surface area contributed by atoms with Crippen LogP contribution < -0.4 is 4.72 Å². The molecule has 2 heterocycles. The zero-order chi connectivity index (χ0) is 26.2. The van der Waals surface area contributed by atoms with Crippen LogP contribution in [-0.2, 0) is 17.8 Å². The number of nitrogens with zero attached hydrogens (tertiary/aromatic N) is 3. The molecule has 2 aromatic carbocycles. The fourth-order valence-electron chi connectivity index (χ4n) is 5.19. The Hall–Kier alpha value is -3.09. The van der Waals surface area contributed by atoms with Crippen LogP contribution in [-0.4, -0.2) is 46.9 Å². The third-order valence-electron chi connectivity index (χ3n) is 7.44. The van der Waals surface area contributed by atoms with Crippen LogP contribution in [0.3, 0.4) is 0 Å². The van der Waals surface area contributed by atoms with Crippen LogP contribution in [0.1, 0.15) is 43.7 Å². The van der Waals surface area contributed by atoms with Gasteiger partial charge in [-0.15, -0.1) is 0 Å². The minimum absolute atomic E-state index is 0.0769. The number of aromatic nitrogens is 1. The Morgan fingerprint density at radius 3 is 2.68 bits per heavy atom.